The first-order valence-electron chi connectivity index (χ1n) is 3.69. The van der Waals surface area contributed by atoms with Gasteiger partial charge in [-0.2, -0.15) is 0 Å². The van der Waals surface area contributed by atoms with Crippen LogP contribution in [0.25, 0.3) is 0 Å². The second-order valence-corrected chi connectivity index (χ2v) is 1.77. The van der Waals surface area contributed by atoms with Gasteiger partial charge < -0.3 is 9.68 Å². The van der Waals surface area contributed by atoms with Crippen molar-refractivity contribution in [2.45, 2.75) is 26.7 Å². The van der Waals surface area contributed by atoms with Crippen molar-refractivity contribution in [2.75, 3.05) is 6.79 Å². The van der Waals surface area contributed by atoms with Crippen LogP contribution in [0.3, 0.4) is 0 Å². The van der Waals surface area contributed by atoms with Gasteiger partial charge in [-0.05, 0) is 12.8 Å². The molecule has 0 amide bonds. The molecule has 0 saturated carbocycles. The van der Waals surface area contributed by atoms with Crippen LogP contribution in [0.2, 0.25) is 0 Å². The van der Waals surface area contributed by atoms with Crippen LogP contribution < -0.4 is 0 Å². The first-order chi connectivity index (χ1) is 5.41. The molecule has 0 aliphatic carbocycles. The van der Waals surface area contributed by atoms with Gasteiger partial charge in [-0.3, -0.25) is 0 Å². The highest BCUT2D eigenvalue weighted by molar-refractivity contribution is 5.55. The first-order valence-corrected chi connectivity index (χ1v) is 3.69. The van der Waals surface area contributed by atoms with E-state index in [4.69, 9.17) is 0 Å². The van der Waals surface area contributed by atoms with Crippen molar-refractivity contribution in [3.05, 3.63) is 0 Å². The van der Waals surface area contributed by atoms with E-state index < -0.39 is 0 Å². The van der Waals surface area contributed by atoms with Gasteiger partial charge >= 0.3 is 0 Å². The fourth-order valence-corrected chi connectivity index (χ4v) is 0.339. The van der Waals surface area contributed by atoms with Gasteiger partial charge in [0.25, 0.3) is 6.79 Å². The molecule has 64 valence electrons. The van der Waals surface area contributed by atoms with Gasteiger partial charge in [0.2, 0.25) is 0 Å². The number of hydrogen-bond donors (Lipinski definition) is 0. The summed E-state index contributed by atoms with van der Waals surface area (Å²) in [6, 6.07) is 0. The van der Waals surface area contributed by atoms with E-state index in [-0.39, 0.29) is 6.79 Å². The van der Waals surface area contributed by atoms with Crippen molar-refractivity contribution in [1.29, 1.82) is 0 Å². The van der Waals surface area contributed by atoms with Crippen LogP contribution in [-0.4, -0.2) is 19.2 Å². The number of nitrogens with zero attached hydrogens (tertiary/aromatic N) is 2. The molecule has 0 spiro atoms. The maximum Gasteiger partial charge on any atom is 0.280 e. The van der Waals surface area contributed by atoms with Crippen molar-refractivity contribution in [2.24, 2.45) is 10.3 Å². The van der Waals surface area contributed by atoms with Gasteiger partial charge in [-0.1, -0.05) is 24.2 Å². The molecule has 0 radical (unpaired) electrons. The lowest BCUT2D eigenvalue weighted by molar-refractivity contribution is -0.0497. The van der Waals surface area contributed by atoms with Crippen molar-refractivity contribution >= 4 is 12.4 Å². The smallest absolute Gasteiger partial charge is 0.280 e. The first kappa shape index (κ1) is 9.94. The van der Waals surface area contributed by atoms with E-state index in [1.807, 2.05) is 13.8 Å². The van der Waals surface area contributed by atoms with E-state index in [9.17, 15) is 0 Å². The third-order valence-electron chi connectivity index (χ3n) is 0.769. The third-order valence-corrected chi connectivity index (χ3v) is 0.769. The molecule has 0 rings (SSSR count). The Morgan fingerprint density at radius 1 is 1.00 bits per heavy atom. The summed E-state index contributed by atoms with van der Waals surface area (Å²) >= 11 is 0. The van der Waals surface area contributed by atoms with Crippen LogP contribution in [0, 0.1) is 0 Å². The molecule has 0 aromatic carbocycles. The Morgan fingerprint density at radius 2 is 1.45 bits per heavy atom. The summed E-state index contributed by atoms with van der Waals surface area (Å²) in [6.07, 6.45) is 5.04. The Labute approximate surface area is 66.9 Å². The molecule has 0 aromatic rings. The zero-order valence-electron chi connectivity index (χ0n) is 6.99. The molecule has 11 heavy (non-hydrogen) atoms. The van der Waals surface area contributed by atoms with Gasteiger partial charge in [0, 0.05) is 12.4 Å². The van der Waals surface area contributed by atoms with E-state index in [0.717, 1.165) is 12.8 Å². The number of oxime groups is 2. The molecular weight excluding hydrogens is 144 g/mol. The summed E-state index contributed by atoms with van der Waals surface area (Å²) in [7, 11) is 0. The molecule has 0 atom stereocenters. The lowest BCUT2D eigenvalue weighted by Crippen LogP contribution is -1.89. The largest absolute Gasteiger partial charge is 0.352 e. The molecule has 0 saturated heterocycles. The molecule has 0 aromatic heterocycles. The van der Waals surface area contributed by atoms with Crippen LogP contribution in [0.5, 0.6) is 0 Å². The van der Waals surface area contributed by atoms with Gasteiger partial charge in [0.1, 0.15) is 0 Å². The summed E-state index contributed by atoms with van der Waals surface area (Å²) in [4.78, 5) is 9.31. The molecule has 0 heterocycles. The van der Waals surface area contributed by atoms with Crippen LogP contribution in [0.15, 0.2) is 10.3 Å². The molecule has 0 bridgehead atoms. The second kappa shape index (κ2) is 8.94. The Kier molecular flexibility index (Phi) is 8.08. The van der Waals surface area contributed by atoms with E-state index in [0.29, 0.717) is 0 Å². The van der Waals surface area contributed by atoms with Crippen molar-refractivity contribution in [3.63, 3.8) is 0 Å². The summed E-state index contributed by atoms with van der Waals surface area (Å²) < 4.78 is 0. The highest BCUT2D eigenvalue weighted by Crippen LogP contribution is 1.80. The maximum absolute atomic E-state index is 4.65. The van der Waals surface area contributed by atoms with Crippen molar-refractivity contribution < 1.29 is 9.68 Å². The Morgan fingerprint density at radius 3 is 1.82 bits per heavy atom. The van der Waals surface area contributed by atoms with Crippen LogP contribution in [-0.2, 0) is 9.68 Å². The zero-order valence-corrected chi connectivity index (χ0v) is 6.99. The van der Waals surface area contributed by atoms with E-state index in [1.165, 1.54) is 0 Å². The number of rotatable bonds is 6. The lowest BCUT2D eigenvalue weighted by Gasteiger charge is -1.94. The second-order valence-electron chi connectivity index (χ2n) is 1.77. The molecule has 0 aliphatic heterocycles. The lowest BCUT2D eigenvalue weighted by atomic mass is 10.6. The minimum Gasteiger partial charge on any atom is -0.352 e. The standard InChI is InChI=1S/C7H14N2O2/c1-3-5-8-10-7-11-9-6-4-2/h5-6H,3-4,7H2,1-2H3/b8-5-,9-6-. The van der Waals surface area contributed by atoms with Crippen LogP contribution >= 0.6 is 0 Å². The number of hydrogen-bond acceptors (Lipinski definition) is 4. The van der Waals surface area contributed by atoms with Gasteiger partial charge in [0.05, 0.1) is 0 Å². The van der Waals surface area contributed by atoms with Gasteiger partial charge in [0.15, 0.2) is 0 Å². The zero-order chi connectivity index (χ0) is 8.36. The fraction of sp³-hybridized carbons (Fsp3) is 0.714. The fourth-order valence-electron chi connectivity index (χ4n) is 0.339. The summed E-state index contributed by atoms with van der Waals surface area (Å²) in [6.45, 7) is 4.03. The predicted octanol–water partition coefficient (Wildman–Crippen LogP) is 1.77. The minimum atomic E-state index is 0.0764. The van der Waals surface area contributed by atoms with Crippen LogP contribution in [0.1, 0.15) is 26.7 Å². The normalized spacial score (nSPS) is 11.1. The molecule has 4 heteroatoms. The van der Waals surface area contributed by atoms with E-state index in [1.54, 1.807) is 12.4 Å². The summed E-state index contributed by atoms with van der Waals surface area (Å²) in [5.74, 6) is 0. The van der Waals surface area contributed by atoms with E-state index in [2.05, 4.69) is 20.0 Å². The summed E-state index contributed by atoms with van der Waals surface area (Å²) in [5, 5.41) is 7.13. The monoisotopic (exact) mass is 158 g/mol. The average Bonchev–Trinajstić information content (AvgIpc) is 2.03. The molecule has 4 nitrogen and oxygen atoms in total. The Hall–Kier alpha value is -1.06. The highest BCUT2D eigenvalue weighted by Gasteiger charge is 1.77. The Balaban J connectivity index is 3.02. The van der Waals surface area contributed by atoms with Gasteiger partial charge in [-0.15, -0.1) is 0 Å². The van der Waals surface area contributed by atoms with Crippen molar-refractivity contribution in [3.8, 4) is 0 Å². The predicted molar refractivity (Wildman–Crippen MR) is 44.6 cm³/mol. The van der Waals surface area contributed by atoms with Crippen molar-refractivity contribution in [1.82, 2.24) is 0 Å². The topological polar surface area (TPSA) is 43.2 Å². The highest BCUT2D eigenvalue weighted by atomic mass is 16.8. The Bertz CT molecular complexity index is 110. The molecule has 0 N–H and O–H groups in total. The maximum atomic E-state index is 4.65. The summed E-state index contributed by atoms with van der Waals surface area (Å²) in [5.41, 5.74) is 0. The average molecular weight is 158 g/mol. The SMILES string of the molecule is CC/C=N\OCO/N=C\CC. The molecule has 0 aliphatic rings. The van der Waals surface area contributed by atoms with E-state index >= 15 is 0 Å². The van der Waals surface area contributed by atoms with Crippen LogP contribution in [0.4, 0.5) is 0 Å². The minimum absolute atomic E-state index is 0.0764. The molecular formula is C7H14N2O2. The molecule has 0 unspecified atom stereocenters. The molecule has 0 fully saturated rings. The third kappa shape index (κ3) is 8.94. The van der Waals surface area contributed by atoms with Gasteiger partial charge in [-0.25, -0.2) is 0 Å². The quantitative estimate of drug-likeness (QED) is 0.256.